The number of likely N-dealkylation sites (tertiary alicyclic amines) is 1. The molecule has 0 saturated carbocycles. The van der Waals surface area contributed by atoms with Gasteiger partial charge in [0, 0.05) is 23.8 Å². The number of carbonyl (C=O) groups excluding carboxylic acids is 1. The summed E-state index contributed by atoms with van der Waals surface area (Å²) in [5.41, 5.74) is 2.40. The fourth-order valence-electron chi connectivity index (χ4n) is 3.58. The number of halogens is 1. The van der Waals surface area contributed by atoms with Crippen LogP contribution in [-0.4, -0.2) is 35.0 Å². The highest BCUT2D eigenvalue weighted by Crippen LogP contribution is 2.32. The van der Waals surface area contributed by atoms with Crippen molar-refractivity contribution in [3.05, 3.63) is 64.7 Å². The first-order valence-electron chi connectivity index (χ1n) is 8.95. The van der Waals surface area contributed by atoms with E-state index in [1.165, 1.54) is 0 Å². The van der Waals surface area contributed by atoms with Crippen molar-refractivity contribution in [3.8, 4) is 0 Å². The lowest BCUT2D eigenvalue weighted by atomic mass is 9.99. The Morgan fingerprint density at radius 1 is 1.19 bits per heavy atom. The Morgan fingerprint density at radius 3 is 2.48 bits per heavy atom. The zero-order valence-electron chi connectivity index (χ0n) is 15.4. The molecular formula is C21H23ClN2O3. The number of nitrogens with one attached hydrogen (secondary N) is 1. The predicted octanol–water partition coefficient (Wildman–Crippen LogP) is 3.98. The van der Waals surface area contributed by atoms with E-state index in [2.05, 4.69) is 5.32 Å². The van der Waals surface area contributed by atoms with Gasteiger partial charge in [-0.2, -0.15) is 0 Å². The lowest BCUT2D eigenvalue weighted by molar-refractivity contribution is -0.142. The summed E-state index contributed by atoms with van der Waals surface area (Å²) in [7, 11) is 0. The topological polar surface area (TPSA) is 69.6 Å². The first kappa shape index (κ1) is 19.4. The number of benzene rings is 2. The van der Waals surface area contributed by atoms with Gasteiger partial charge in [0.2, 0.25) is 5.91 Å². The molecule has 1 amide bonds. The molecule has 0 radical (unpaired) electrons. The van der Waals surface area contributed by atoms with E-state index in [0.29, 0.717) is 23.8 Å². The van der Waals surface area contributed by atoms with E-state index >= 15 is 0 Å². The molecule has 5 nitrogen and oxygen atoms in total. The number of carboxylic acids is 1. The number of hydrogen-bond acceptors (Lipinski definition) is 3. The maximum atomic E-state index is 13.1. The highest BCUT2D eigenvalue weighted by molar-refractivity contribution is 6.31. The molecule has 2 N–H and O–H groups in total. The van der Waals surface area contributed by atoms with E-state index in [-0.39, 0.29) is 11.8 Å². The summed E-state index contributed by atoms with van der Waals surface area (Å²) < 4.78 is 0. The third-order valence-corrected chi connectivity index (χ3v) is 5.53. The molecule has 0 aliphatic carbocycles. The van der Waals surface area contributed by atoms with Gasteiger partial charge in [-0.1, -0.05) is 54.9 Å². The normalized spacial score (nSPS) is 21.0. The highest BCUT2D eigenvalue weighted by atomic mass is 35.5. The van der Waals surface area contributed by atoms with Crippen LogP contribution in [0, 0.1) is 18.8 Å². The average molecular weight is 387 g/mol. The quantitative estimate of drug-likeness (QED) is 0.815. The average Bonchev–Trinajstić information content (AvgIpc) is 3.01. The zero-order chi connectivity index (χ0) is 19.6. The van der Waals surface area contributed by atoms with Crippen LogP contribution in [0.1, 0.15) is 24.1 Å². The second kappa shape index (κ2) is 8.11. The summed E-state index contributed by atoms with van der Waals surface area (Å²) in [4.78, 5) is 26.6. The lowest BCUT2D eigenvalue weighted by Gasteiger charge is -2.27. The SMILES string of the molecule is Cc1ccc(NC(=O)C(c2ccccc2)N2C[C@@H](C)[C@H](C(=O)O)C2)cc1Cl. The van der Waals surface area contributed by atoms with Crippen LogP contribution in [0.5, 0.6) is 0 Å². The molecule has 1 saturated heterocycles. The fourth-order valence-corrected chi connectivity index (χ4v) is 3.76. The van der Waals surface area contributed by atoms with Crippen molar-refractivity contribution in [1.82, 2.24) is 4.90 Å². The predicted molar refractivity (Wildman–Crippen MR) is 106 cm³/mol. The number of rotatable bonds is 5. The first-order chi connectivity index (χ1) is 12.9. The van der Waals surface area contributed by atoms with Crippen LogP contribution in [-0.2, 0) is 9.59 Å². The largest absolute Gasteiger partial charge is 0.481 e. The molecular weight excluding hydrogens is 364 g/mol. The molecule has 2 aromatic carbocycles. The lowest BCUT2D eigenvalue weighted by Crippen LogP contribution is -2.36. The van der Waals surface area contributed by atoms with Gasteiger partial charge in [0.1, 0.15) is 6.04 Å². The molecule has 0 bridgehead atoms. The van der Waals surface area contributed by atoms with Gasteiger partial charge in [-0.15, -0.1) is 0 Å². The molecule has 1 heterocycles. The molecule has 6 heteroatoms. The zero-order valence-corrected chi connectivity index (χ0v) is 16.1. The maximum Gasteiger partial charge on any atom is 0.308 e. The summed E-state index contributed by atoms with van der Waals surface area (Å²) in [6.07, 6.45) is 0. The van der Waals surface area contributed by atoms with Crippen molar-refractivity contribution in [3.63, 3.8) is 0 Å². The van der Waals surface area contributed by atoms with Crippen molar-refractivity contribution in [2.24, 2.45) is 11.8 Å². The third-order valence-electron chi connectivity index (χ3n) is 5.13. The molecule has 27 heavy (non-hydrogen) atoms. The molecule has 3 atom stereocenters. The minimum absolute atomic E-state index is 0.0182. The Kier molecular flexibility index (Phi) is 5.82. The molecule has 2 aromatic rings. The summed E-state index contributed by atoms with van der Waals surface area (Å²) in [5, 5.41) is 13.0. The van der Waals surface area contributed by atoms with Crippen LogP contribution in [0.15, 0.2) is 48.5 Å². The van der Waals surface area contributed by atoms with Gasteiger partial charge in [-0.25, -0.2) is 0 Å². The smallest absolute Gasteiger partial charge is 0.308 e. The molecule has 0 aromatic heterocycles. The molecule has 1 aliphatic heterocycles. The van der Waals surface area contributed by atoms with Crippen LogP contribution in [0.3, 0.4) is 0 Å². The van der Waals surface area contributed by atoms with Gasteiger partial charge in [-0.05, 0) is 36.1 Å². The maximum absolute atomic E-state index is 13.1. The van der Waals surface area contributed by atoms with E-state index in [9.17, 15) is 14.7 Å². The number of amides is 1. The van der Waals surface area contributed by atoms with Crippen molar-refractivity contribution in [2.45, 2.75) is 19.9 Å². The standard InChI is InChI=1S/C21H23ClN2O3/c1-13-8-9-16(10-18(13)22)23-20(25)19(15-6-4-3-5-7-15)24-11-14(2)17(12-24)21(26)27/h3-10,14,17,19H,11-12H2,1-2H3,(H,23,25)(H,26,27)/t14-,17-,19?/m1/s1. The molecule has 142 valence electrons. The second-order valence-corrected chi connectivity index (χ2v) is 7.55. The van der Waals surface area contributed by atoms with Crippen LogP contribution in [0.25, 0.3) is 0 Å². The van der Waals surface area contributed by atoms with Crippen molar-refractivity contribution >= 4 is 29.2 Å². The second-order valence-electron chi connectivity index (χ2n) is 7.14. The Labute approximate surface area is 163 Å². The van der Waals surface area contributed by atoms with E-state index < -0.39 is 17.9 Å². The van der Waals surface area contributed by atoms with E-state index in [1.807, 2.05) is 61.2 Å². The monoisotopic (exact) mass is 386 g/mol. The number of carbonyl (C=O) groups is 2. The van der Waals surface area contributed by atoms with Gasteiger partial charge in [0.05, 0.1) is 5.92 Å². The van der Waals surface area contributed by atoms with Gasteiger partial charge < -0.3 is 10.4 Å². The Hall–Kier alpha value is -2.37. The minimum Gasteiger partial charge on any atom is -0.481 e. The van der Waals surface area contributed by atoms with Crippen molar-refractivity contribution < 1.29 is 14.7 Å². The summed E-state index contributed by atoms with van der Waals surface area (Å²) >= 11 is 6.17. The fraction of sp³-hybridized carbons (Fsp3) is 0.333. The summed E-state index contributed by atoms with van der Waals surface area (Å²) in [6.45, 7) is 4.72. The molecule has 1 aliphatic rings. The van der Waals surface area contributed by atoms with Crippen LogP contribution < -0.4 is 5.32 Å². The number of carboxylic acid groups (broad SMARTS) is 1. The van der Waals surface area contributed by atoms with Gasteiger partial charge >= 0.3 is 5.97 Å². The van der Waals surface area contributed by atoms with E-state index in [4.69, 9.17) is 11.6 Å². The van der Waals surface area contributed by atoms with Crippen LogP contribution >= 0.6 is 11.6 Å². The Morgan fingerprint density at radius 2 is 1.89 bits per heavy atom. The first-order valence-corrected chi connectivity index (χ1v) is 9.33. The summed E-state index contributed by atoms with van der Waals surface area (Å²) in [6, 6.07) is 14.3. The van der Waals surface area contributed by atoms with E-state index in [0.717, 1.165) is 11.1 Å². The van der Waals surface area contributed by atoms with Crippen LogP contribution in [0.2, 0.25) is 5.02 Å². The molecule has 1 unspecified atom stereocenters. The Balaban J connectivity index is 1.87. The minimum atomic E-state index is -0.817. The highest BCUT2D eigenvalue weighted by Gasteiger charge is 2.40. The van der Waals surface area contributed by atoms with Crippen molar-refractivity contribution in [1.29, 1.82) is 0 Å². The van der Waals surface area contributed by atoms with Gasteiger partial charge in [0.15, 0.2) is 0 Å². The van der Waals surface area contributed by atoms with E-state index in [1.54, 1.807) is 6.07 Å². The number of aryl methyl sites for hydroxylation is 1. The molecule has 3 rings (SSSR count). The number of hydrogen-bond donors (Lipinski definition) is 2. The van der Waals surface area contributed by atoms with Gasteiger partial charge in [-0.3, -0.25) is 14.5 Å². The number of aliphatic carboxylic acids is 1. The Bertz CT molecular complexity index is 841. The summed E-state index contributed by atoms with van der Waals surface area (Å²) in [5.74, 6) is -1.50. The molecule has 0 spiro atoms. The van der Waals surface area contributed by atoms with Crippen LogP contribution in [0.4, 0.5) is 5.69 Å². The van der Waals surface area contributed by atoms with Crippen molar-refractivity contribution in [2.75, 3.05) is 18.4 Å². The molecule has 1 fully saturated rings. The number of anilines is 1. The number of nitrogens with zero attached hydrogens (tertiary/aromatic N) is 1. The third kappa shape index (κ3) is 4.31. The van der Waals surface area contributed by atoms with Gasteiger partial charge in [0.25, 0.3) is 0 Å².